The zero-order valence-corrected chi connectivity index (χ0v) is 18.9. The van der Waals surface area contributed by atoms with Crippen molar-refractivity contribution in [3.63, 3.8) is 0 Å². The van der Waals surface area contributed by atoms with Crippen molar-refractivity contribution in [1.82, 2.24) is 9.55 Å². The molecule has 4 nitrogen and oxygen atoms in total. The molecule has 1 atom stereocenters. The monoisotopic (exact) mass is 445 g/mol. The van der Waals surface area contributed by atoms with Crippen molar-refractivity contribution >= 4 is 11.4 Å². The Morgan fingerprint density at radius 1 is 0.647 bits per heavy atom. The summed E-state index contributed by atoms with van der Waals surface area (Å²) in [5.41, 5.74) is 6.16. The largest absolute Gasteiger partial charge is 0.389 e. The summed E-state index contributed by atoms with van der Waals surface area (Å²) >= 11 is 0. The van der Waals surface area contributed by atoms with Crippen LogP contribution < -0.4 is 4.90 Å². The van der Waals surface area contributed by atoms with Gasteiger partial charge in [-0.1, -0.05) is 97.1 Å². The quantitative estimate of drug-likeness (QED) is 0.300. The minimum Gasteiger partial charge on any atom is -0.389 e. The average molecular weight is 446 g/mol. The minimum atomic E-state index is -0.610. The molecule has 5 aromatic rings. The van der Waals surface area contributed by atoms with Gasteiger partial charge in [0, 0.05) is 22.5 Å². The first-order chi connectivity index (χ1) is 16.8. The number of hydrogen-bond donors (Lipinski definition) is 1. The highest BCUT2D eigenvalue weighted by atomic mass is 16.3. The molecule has 5 rings (SSSR count). The van der Waals surface area contributed by atoms with Crippen LogP contribution >= 0.6 is 0 Å². The van der Waals surface area contributed by atoms with Crippen molar-refractivity contribution in [3.8, 4) is 22.5 Å². The molecule has 0 aliphatic heterocycles. The highest BCUT2D eigenvalue weighted by Gasteiger charge is 2.19. The van der Waals surface area contributed by atoms with Gasteiger partial charge in [-0.25, -0.2) is 4.98 Å². The van der Waals surface area contributed by atoms with Crippen LogP contribution in [0.5, 0.6) is 0 Å². The van der Waals surface area contributed by atoms with E-state index in [1.165, 1.54) is 0 Å². The average Bonchev–Trinajstić information content (AvgIpc) is 3.32. The first kappa shape index (κ1) is 21.7. The van der Waals surface area contributed by atoms with Crippen LogP contribution in [-0.4, -0.2) is 27.3 Å². The number of benzene rings is 4. The number of para-hydroxylation sites is 2. The van der Waals surface area contributed by atoms with Gasteiger partial charge in [0.25, 0.3) is 0 Å². The Morgan fingerprint density at radius 3 is 1.65 bits per heavy atom. The normalized spacial score (nSPS) is 11.8. The number of hydrogen-bond acceptors (Lipinski definition) is 3. The third-order valence-corrected chi connectivity index (χ3v) is 5.87. The Bertz CT molecular complexity index is 1260. The molecule has 1 N–H and O–H groups in total. The Morgan fingerprint density at radius 2 is 1.12 bits per heavy atom. The molecule has 0 amide bonds. The van der Waals surface area contributed by atoms with E-state index in [9.17, 15) is 5.11 Å². The molecule has 34 heavy (non-hydrogen) atoms. The van der Waals surface area contributed by atoms with Gasteiger partial charge in [-0.05, 0) is 24.3 Å². The number of imidazole rings is 1. The minimum absolute atomic E-state index is 0.431. The van der Waals surface area contributed by atoms with E-state index in [2.05, 4.69) is 58.0 Å². The summed E-state index contributed by atoms with van der Waals surface area (Å²) in [7, 11) is 0. The molecule has 0 saturated heterocycles. The van der Waals surface area contributed by atoms with Crippen LogP contribution in [0.4, 0.5) is 11.4 Å². The maximum atomic E-state index is 11.3. The van der Waals surface area contributed by atoms with Gasteiger partial charge in [-0.15, -0.1) is 0 Å². The Labute approximate surface area is 200 Å². The van der Waals surface area contributed by atoms with Crippen LogP contribution in [0.2, 0.25) is 0 Å². The summed E-state index contributed by atoms with van der Waals surface area (Å²) in [4.78, 5) is 6.90. The van der Waals surface area contributed by atoms with E-state index in [1.807, 2.05) is 79.1 Å². The molecule has 168 valence electrons. The van der Waals surface area contributed by atoms with Crippen LogP contribution in [0, 0.1) is 0 Å². The first-order valence-corrected chi connectivity index (χ1v) is 11.5. The summed E-state index contributed by atoms with van der Waals surface area (Å²) in [6, 6.07) is 40.8. The summed E-state index contributed by atoms with van der Waals surface area (Å²) in [5.74, 6) is 0. The molecular formula is C30H27N3O. The summed E-state index contributed by atoms with van der Waals surface area (Å²) < 4.78 is 2.07. The molecule has 0 fully saturated rings. The lowest BCUT2D eigenvalue weighted by Crippen LogP contribution is -2.31. The highest BCUT2D eigenvalue weighted by molar-refractivity contribution is 5.78. The second-order valence-corrected chi connectivity index (χ2v) is 8.26. The summed E-state index contributed by atoms with van der Waals surface area (Å²) in [5, 5.41) is 11.3. The Hall–Kier alpha value is -4.15. The molecule has 4 aromatic carbocycles. The van der Waals surface area contributed by atoms with Gasteiger partial charge >= 0.3 is 0 Å². The lowest BCUT2D eigenvalue weighted by molar-refractivity contribution is 0.162. The Balaban J connectivity index is 1.46. The predicted molar refractivity (Wildman–Crippen MR) is 139 cm³/mol. The maximum absolute atomic E-state index is 11.3. The molecule has 0 spiro atoms. The van der Waals surface area contributed by atoms with E-state index in [0.717, 1.165) is 33.9 Å². The Kier molecular flexibility index (Phi) is 6.50. The topological polar surface area (TPSA) is 41.3 Å². The molecule has 0 aliphatic carbocycles. The molecule has 0 aliphatic rings. The molecule has 0 radical (unpaired) electrons. The van der Waals surface area contributed by atoms with Gasteiger partial charge in [-0.3, -0.25) is 0 Å². The third kappa shape index (κ3) is 4.77. The van der Waals surface area contributed by atoms with Crippen LogP contribution in [0.3, 0.4) is 0 Å². The van der Waals surface area contributed by atoms with Crippen molar-refractivity contribution in [3.05, 3.63) is 128 Å². The van der Waals surface area contributed by atoms with Crippen molar-refractivity contribution in [2.45, 2.75) is 12.6 Å². The van der Waals surface area contributed by atoms with Gasteiger partial charge in [0.1, 0.15) is 0 Å². The highest BCUT2D eigenvalue weighted by Crippen LogP contribution is 2.32. The fourth-order valence-electron chi connectivity index (χ4n) is 4.30. The predicted octanol–water partition coefficient (Wildman–Crippen LogP) is 6.42. The van der Waals surface area contributed by atoms with E-state index < -0.39 is 6.10 Å². The van der Waals surface area contributed by atoms with E-state index in [4.69, 9.17) is 4.98 Å². The molecule has 1 unspecified atom stereocenters. The van der Waals surface area contributed by atoms with Crippen LogP contribution in [0.1, 0.15) is 0 Å². The lowest BCUT2D eigenvalue weighted by Gasteiger charge is -2.28. The number of rotatable bonds is 8. The van der Waals surface area contributed by atoms with Gasteiger partial charge < -0.3 is 14.6 Å². The smallest absolute Gasteiger partial charge is 0.0963 e. The van der Waals surface area contributed by atoms with Gasteiger partial charge in [-0.2, -0.15) is 0 Å². The molecule has 1 heterocycles. The fourth-order valence-corrected chi connectivity index (χ4v) is 4.30. The van der Waals surface area contributed by atoms with Crippen molar-refractivity contribution in [2.24, 2.45) is 0 Å². The van der Waals surface area contributed by atoms with Crippen LogP contribution in [-0.2, 0) is 6.54 Å². The van der Waals surface area contributed by atoms with Gasteiger partial charge in [0.15, 0.2) is 0 Å². The van der Waals surface area contributed by atoms with E-state index in [-0.39, 0.29) is 0 Å². The third-order valence-electron chi connectivity index (χ3n) is 5.87. The standard InChI is InChI=1S/C30H27N3O/c34-28(22-33(26-17-9-3-10-18-26)27-19-11-4-12-20-27)21-32-23-31-29(24-13-5-1-6-14-24)30(32)25-15-7-2-8-16-25/h1-20,23,28,34H,21-22H2. The van der Waals surface area contributed by atoms with Crippen LogP contribution in [0.15, 0.2) is 128 Å². The van der Waals surface area contributed by atoms with E-state index in [0.29, 0.717) is 13.1 Å². The van der Waals surface area contributed by atoms with Gasteiger partial charge in [0.05, 0.1) is 36.9 Å². The van der Waals surface area contributed by atoms with E-state index in [1.54, 1.807) is 0 Å². The first-order valence-electron chi connectivity index (χ1n) is 11.5. The molecule has 0 bridgehead atoms. The zero-order valence-electron chi connectivity index (χ0n) is 18.9. The van der Waals surface area contributed by atoms with Crippen molar-refractivity contribution < 1.29 is 5.11 Å². The molecule has 1 aromatic heterocycles. The number of aliphatic hydroxyl groups is 1. The summed E-state index contributed by atoms with van der Waals surface area (Å²) in [6.45, 7) is 0.890. The zero-order chi connectivity index (χ0) is 23.2. The number of aliphatic hydroxyl groups excluding tert-OH is 1. The second kappa shape index (κ2) is 10.2. The van der Waals surface area contributed by atoms with Crippen LogP contribution in [0.25, 0.3) is 22.5 Å². The summed E-state index contributed by atoms with van der Waals surface area (Å²) in [6.07, 6.45) is 1.23. The molecular weight excluding hydrogens is 418 g/mol. The molecule has 4 heteroatoms. The van der Waals surface area contributed by atoms with Crippen molar-refractivity contribution in [1.29, 1.82) is 0 Å². The maximum Gasteiger partial charge on any atom is 0.0963 e. The fraction of sp³-hybridized carbons (Fsp3) is 0.100. The molecule has 0 saturated carbocycles. The number of nitrogens with zero attached hydrogens (tertiary/aromatic N) is 3. The lowest BCUT2D eigenvalue weighted by atomic mass is 10.0. The van der Waals surface area contributed by atoms with Crippen molar-refractivity contribution in [2.75, 3.05) is 11.4 Å². The SMILES string of the molecule is OC(CN(c1ccccc1)c1ccccc1)Cn1cnc(-c2ccccc2)c1-c1ccccc1. The number of anilines is 2. The van der Waals surface area contributed by atoms with Gasteiger partial charge in [0.2, 0.25) is 0 Å². The second-order valence-electron chi connectivity index (χ2n) is 8.26. The van der Waals surface area contributed by atoms with E-state index >= 15 is 0 Å². The number of aromatic nitrogens is 2.